The van der Waals surface area contributed by atoms with Crippen LogP contribution >= 0.6 is 0 Å². The lowest BCUT2D eigenvalue weighted by Crippen LogP contribution is -2.32. The Morgan fingerprint density at radius 2 is 2.06 bits per heavy atom. The maximum Gasteiger partial charge on any atom is 0.209 e. The summed E-state index contributed by atoms with van der Waals surface area (Å²) in [6, 6.07) is 8.44. The molecule has 0 spiro atoms. The third-order valence-corrected chi connectivity index (χ3v) is 2.65. The summed E-state index contributed by atoms with van der Waals surface area (Å²) in [7, 11) is 1.80. The molecule has 0 atom stereocenters. The van der Waals surface area contributed by atoms with Gasteiger partial charge in [-0.25, -0.2) is 0 Å². The number of rotatable bonds is 6. The van der Waals surface area contributed by atoms with Gasteiger partial charge >= 0.3 is 0 Å². The van der Waals surface area contributed by atoms with Crippen LogP contribution in [0.25, 0.3) is 0 Å². The summed E-state index contributed by atoms with van der Waals surface area (Å²) in [4.78, 5) is 14.4. The molecular weight excluding hydrogens is 200 g/mol. The molecule has 0 heterocycles. The van der Waals surface area contributed by atoms with Gasteiger partial charge in [0.1, 0.15) is 0 Å². The lowest BCUT2D eigenvalue weighted by molar-refractivity contribution is -0.116. The first-order chi connectivity index (χ1) is 7.67. The molecule has 0 N–H and O–H groups in total. The molecule has 0 saturated heterocycles. The molecule has 0 radical (unpaired) electrons. The number of nitrogens with zero attached hydrogens (tertiary/aromatic N) is 2. The molecule has 3 nitrogen and oxygen atoms in total. The second-order valence-corrected chi connectivity index (χ2v) is 4.00. The van der Waals surface area contributed by atoms with Crippen LogP contribution in [0.2, 0.25) is 0 Å². The lowest BCUT2D eigenvalue weighted by atomic mass is 10.2. The quantitative estimate of drug-likeness (QED) is 0.684. The lowest BCUT2D eigenvalue weighted by Gasteiger charge is -2.25. The smallest absolute Gasteiger partial charge is 0.209 e. The van der Waals surface area contributed by atoms with E-state index < -0.39 is 0 Å². The molecule has 0 aliphatic rings. The van der Waals surface area contributed by atoms with Crippen LogP contribution in [-0.2, 0) is 4.79 Å². The third-order valence-electron chi connectivity index (χ3n) is 2.65. The topological polar surface area (TPSA) is 23.6 Å². The third kappa shape index (κ3) is 3.57. The second kappa shape index (κ2) is 6.16. The van der Waals surface area contributed by atoms with Crippen LogP contribution in [0.15, 0.2) is 24.3 Å². The van der Waals surface area contributed by atoms with Crippen molar-refractivity contribution >= 4 is 12.1 Å². The fourth-order valence-corrected chi connectivity index (χ4v) is 1.63. The molecule has 0 bridgehead atoms. The van der Waals surface area contributed by atoms with Crippen LogP contribution < -0.4 is 4.90 Å². The highest BCUT2D eigenvalue weighted by Gasteiger charge is 2.04. The Hall–Kier alpha value is -1.51. The first-order valence-corrected chi connectivity index (χ1v) is 5.64. The van der Waals surface area contributed by atoms with Gasteiger partial charge in [0.2, 0.25) is 6.41 Å². The van der Waals surface area contributed by atoms with Gasteiger partial charge < -0.3 is 9.80 Å². The maximum absolute atomic E-state index is 10.5. The summed E-state index contributed by atoms with van der Waals surface area (Å²) < 4.78 is 0. The Labute approximate surface area is 97.7 Å². The maximum atomic E-state index is 10.5. The van der Waals surface area contributed by atoms with Gasteiger partial charge in [-0.2, -0.15) is 0 Å². The summed E-state index contributed by atoms with van der Waals surface area (Å²) in [6.07, 6.45) is 0.865. The van der Waals surface area contributed by atoms with Crippen molar-refractivity contribution in [3.05, 3.63) is 29.8 Å². The van der Waals surface area contributed by atoms with Crippen LogP contribution in [0.4, 0.5) is 5.69 Å². The van der Waals surface area contributed by atoms with Gasteiger partial charge in [0.25, 0.3) is 0 Å². The first-order valence-electron chi connectivity index (χ1n) is 5.64. The van der Waals surface area contributed by atoms with E-state index in [-0.39, 0.29) is 0 Å². The van der Waals surface area contributed by atoms with Crippen LogP contribution in [0.3, 0.4) is 0 Å². The number of amides is 1. The van der Waals surface area contributed by atoms with E-state index in [1.807, 2.05) is 0 Å². The van der Waals surface area contributed by atoms with Gasteiger partial charge in [-0.3, -0.25) is 4.79 Å². The van der Waals surface area contributed by atoms with Crippen LogP contribution in [0.1, 0.15) is 12.5 Å². The first kappa shape index (κ1) is 12.6. The van der Waals surface area contributed by atoms with Gasteiger partial charge in [0.15, 0.2) is 0 Å². The van der Waals surface area contributed by atoms with Crippen molar-refractivity contribution in [2.75, 3.05) is 31.6 Å². The Morgan fingerprint density at radius 3 is 2.62 bits per heavy atom. The Kier molecular flexibility index (Phi) is 4.83. The molecule has 3 heteroatoms. The number of benzene rings is 1. The van der Waals surface area contributed by atoms with Gasteiger partial charge in [-0.1, -0.05) is 12.1 Å². The normalized spacial score (nSPS) is 9.94. The number of hydrogen-bond acceptors (Lipinski definition) is 2. The number of anilines is 1. The summed E-state index contributed by atoms with van der Waals surface area (Å²) in [5.74, 6) is 0. The predicted octanol–water partition coefficient (Wildman–Crippen LogP) is 1.91. The minimum atomic E-state index is 0.755. The molecule has 1 amide bonds. The molecule has 1 aromatic rings. The second-order valence-electron chi connectivity index (χ2n) is 4.00. The number of carbonyl (C=O) groups is 1. The molecule has 1 rings (SSSR count). The molecule has 88 valence electrons. The summed E-state index contributed by atoms with van der Waals surface area (Å²) >= 11 is 0. The highest BCUT2D eigenvalue weighted by molar-refractivity contribution is 5.49. The van der Waals surface area contributed by atoms with Crippen molar-refractivity contribution in [1.29, 1.82) is 0 Å². The molecular formula is C13H20N2O. The molecule has 0 saturated carbocycles. The zero-order valence-corrected chi connectivity index (χ0v) is 10.3. The van der Waals surface area contributed by atoms with E-state index in [4.69, 9.17) is 0 Å². The minimum absolute atomic E-state index is 0.755. The Morgan fingerprint density at radius 1 is 1.31 bits per heavy atom. The zero-order valence-electron chi connectivity index (χ0n) is 10.3. The SMILES string of the molecule is CCN(CCN(C)C=O)c1cccc(C)c1. The Bertz CT molecular complexity index is 338. The Balaban J connectivity index is 2.63. The van der Waals surface area contributed by atoms with Gasteiger partial charge in [-0.05, 0) is 31.5 Å². The monoisotopic (exact) mass is 220 g/mol. The predicted molar refractivity (Wildman–Crippen MR) is 67.8 cm³/mol. The number of likely N-dealkylation sites (N-methyl/N-ethyl adjacent to an activating group) is 2. The molecule has 16 heavy (non-hydrogen) atoms. The van der Waals surface area contributed by atoms with Gasteiger partial charge in [0.05, 0.1) is 0 Å². The van der Waals surface area contributed by atoms with Crippen LogP contribution in [0.5, 0.6) is 0 Å². The van der Waals surface area contributed by atoms with Crippen LogP contribution in [-0.4, -0.2) is 38.0 Å². The summed E-state index contributed by atoms with van der Waals surface area (Å²) in [5, 5.41) is 0. The van der Waals surface area contributed by atoms with E-state index in [9.17, 15) is 4.79 Å². The molecule has 0 aliphatic heterocycles. The molecule has 0 fully saturated rings. The number of aryl methyl sites for hydroxylation is 1. The summed E-state index contributed by atoms with van der Waals surface area (Å²) in [6.45, 7) is 6.80. The fraction of sp³-hybridized carbons (Fsp3) is 0.462. The van der Waals surface area contributed by atoms with Gasteiger partial charge in [0, 0.05) is 32.4 Å². The van der Waals surface area contributed by atoms with Crippen molar-refractivity contribution in [2.45, 2.75) is 13.8 Å². The van der Waals surface area contributed by atoms with Crippen molar-refractivity contribution < 1.29 is 4.79 Å². The number of hydrogen-bond donors (Lipinski definition) is 0. The minimum Gasteiger partial charge on any atom is -0.370 e. The molecule has 0 aromatic heterocycles. The van der Waals surface area contributed by atoms with Crippen molar-refractivity contribution in [3.8, 4) is 0 Å². The average Bonchev–Trinajstić information content (AvgIpc) is 2.29. The van der Waals surface area contributed by atoms with E-state index >= 15 is 0 Å². The van der Waals surface area contributed by atoms with Crippen molar-refractivity contribution in [3.63, 3.8) is 0 Å². The number of carbonyl (C=O) groups excluding carboxylic acids is 1. The highest BCUT2D eigenvalue weighted by atomic mass is 16.1. The van der Waals surface area contributed by atoms with E-state index in [0.29, 0.717) is 0 Å². The van der Waals surface area contributed by atoms with E-state index in [0.717, 1.165) is 26.0 Å². The van der Waals surface area contributed by atoms with Gasteiger partial charge in [-0.15, -0.1) is 0 Å². The van der Waals surface area contributed by atoms with E-state index in [1.165, 1.54) is 11.3 Å². The highest BCUT2D eigenvalue weighted by Crippen LogP contribution is 2.15. The van der Waals surface area contributed by atoms with E-state index in [2.05, 4.69) is 43.0 Å². The molecule has 0 unspecified atom stereocenters. The molecule has 1 aromatic carbocycles. The largest absolute Gasteiger partial charge is 0.370 e. The molecule has 0 aliphatic carbocycles. The van der Waals surface area contributed by atoms with Crippen molar-refractivity contribution in [2.24, 2.45) is 0 Å². The van der Waals surface area contributed by atoms with E-state index in [1.54, 1.807) is 11.9 Å². The zero-order chi connectivity index (χ0) is 12.0. The van der Waals surface area contributed by atoms with Crippen molar-refractivity contribution in [1.82, 2.24) is 4.90 Å². The summed E-state index contributed by atoms with van der Waals surface area (Å²) in [5.41, 5.74) is 2.49. The van der Waals surface area contributed by atoms with Crippen LogP contribution in [0, 0.1) is 6.92 Å². The fourth-order valence-electron chi connectivity index (χ4n) is 1.63. The standard InChI is InChI=1S/C13H20N2O/c1-4-15(9-8-14(3)11-16)13-7-5-6-12(2)10-13/h5-7,10-11H,4,8-9H2,1-3H3. The average molecular weight is 220 g/mol.